The molecule has 0 bridgehead atoms. The van der Waals surface area contributed by atoms with Gasteiger partial charge in [0.15, 0.2) is 5.78 Å². The van der Waals surface area contributed by atoms with Gasteiger partial charge in [-0.2, -0.15) is 0 Å². The standard InChI is InChI=1S/C21H20N2O4S/c1-3-27-21(26)18-12(2)17-19(28-18)22-11-23(20(17)25)10-16(24)15-8-7-13-5-4-6-14(13)9-15/h7-9,11H,3-6,10H2,1-2H3. The summed E-state index contributed by atoms with van der Waals surface area (Å²) >= 11 is 1.14. The summed E-state index contributed by atoms with van der Waals surface area (Å²) in [7, 11) is 0. The number of rotatable bonds is 5. The molecule has 1 aliphatic carbocycles. The molecule has 7 heteroatoms. The Labute approximate surface area is 165 Å². The van der Waals surface area contributed by atoms with E-state index in [1.165, 1.54) is 22.0 Å². The van der Waals surface area contributed by atoms with Crippen LogP contribution in [0.25, 0.3) is 10.2 Å². The highest BCUT2D eigenvalue weighted by Gasteiger charge is 2.21. The third-order valence-corrected chi connectivity index (χ3v) is 6.29. The first kappa shape index (κ1) is 18.6. The highest BCUT2D eigenvalue weighted by atomic mass is 32.1. The quantitative estimate of drug-likeness (QED) is 0.488. The number of aromatic nitrogens is 2. The molecular formula is C21H20N2O4S. The minimum absolute atomic E-state index is 0.0788. The summed E-state index contributed by atoms with van der Waals surface area (Å²) in [5, 5.41) is 0.373. The number of nitrogens with zero attached hydrogens (tertiary/aromatic N) is 2. The fraction of sp³-hybridized carbons (Fsp3) is 0.333. The molecule has 0 amide bonds. The van der Waals surface area contributed by atoms with Gasteiger partial charge in [-0.3, -0.25) is 14.2 Å². The molecule has 0 aliphatic heterocycles. The Bertz CT molecular complexity index is 1160. The van der Waals surface area contributed by atoms with Crippen LogP contribution in [0.2, 0.25) is 0 Å². The fourth-order valence-electron chi connectivity index (χ4n) is 3.65. The van der Waals surface area contributed by atoms with Crippen LogP contribution in [0, 0.1) is 6.92 Å². The predicted molar refractivity (Wildman–Crippen MR) is 107 cm³/mol. The molecule has 0 saturated carbocycles. The molecule has 2 aromatic heterocycles. The minimum Gasteiger partial charge on any atom is -0.462 e. The molecule has 0 fully saturated rings. The van der Waals surface area contributed by atoms with Crippen molar-refractivity contribution in [2.75, 3.05) is 6.61 Å². The largest absolute Gasteiger partial charge is 0.462 e. The lowest BCUT2D eigenvalue weighted by atomic mass is 10.0. The first-order valence-electron chi connectivity index (χ1n) is 9.30. The van der Waals surface area contributed by atoms with Gasteiger partial charge in [-0.05, 0) is 55.9 Å². The van der Waals surface area contributed by atoms with Gasteiger partial charge >= 0.3 is 5.97 Å². The molecule has 6 nitrogen and oxygen atoms in total. The molecule has 0 radical (unpaired) electrons. The molecule has 0 saturated heterocycles. The number of benzene rings is 1. The number of Topliss-reactive ketones (excluding diaryl/α,β-unsaturated/α-hetero) is 1. The average Bonchev–Trinajstić information content (AvgIpc) is 3.28. The molecule has 144 valence electrons. The van der Waals surface area contributed by atoms with E-state index in [1.54, 1.807) is 13.8 Å². The van der Waals surface area contributed by atoms with Crippen molar-refractivity contribution in [3.63, 3.8) is 0 Å². The first-order valence-corrected chi connectivity index (χ1v) is 10.1. The minimum atomic E-state index is -0.455. The maximum absolute atomic E-state index is 12.9. The third kappa shape index (κ3) is 3.16. The summed E-state index contributed by atoms with van der Waals surface area (Å²) in [6.45, 7) is 3.63. The molecular weight excluding hydrogens is 376 g/mol. The van der Waals surface area contributed by atoms with E-state index in [1.807, 2.05) is 18.2 Å². The average molecular weight is 396 g/mol. The van der Waals surface area contributed by atoms with Crippen molar-refractivity contribution < 1.29 is 14.3 Å². The van der Waals surface area contributed by atoms with Crippen molar-refractivity contribution >= 4 is 33.3 Å². The first-order chi connectivity index (χ1) is 13.5. The van der Waals surface area contributed by atoms with Crippen molar-refractivity contribution in [3.8, 4) is 0 Å². The van der Waals surface area contributed by atoms with Gasteiger partial charge < -0.3 is 4.74 Å². The number of carbonyl (C=O) groups excluding carboxylic acids is 2. The number of fused-ring (bicyclic) bond motifs is 2. The van der Waals surface area contributed by atoms with Gasteiger partial charge in [0, 0.05) is 5.56 Å². The normalized spacial score (nSPS) is 12.9. The van der Waals surface area contributed by atoms with Gasteiger partial charge in [0.25, 0.3) is 5.56 Å². The van der Waals surface area contributed by atoms with Crippen molar-refractivity contribution in [3.05, 3.63) is 62.0 Å². The molecule has 0 spiro atoms. The van der Waals surface area contributed by atoms with Crippen molar-refractivity contribution in [1.82, 2.24) is 9.55 Å². The second-order valence-corrected chi connectivity index (χ2v) is 7.89. The van der Waals surface area contributed by atoms with Crippen LogP contribution >= 0.6 is 11.3 Å². The number of thiophene rings is 1. The van der Waals surface area contributed by atoms with Gasteiger partial charge in [0.05, 0.1) is 24.9 Å². The van der Waals surface area contributed by atoms with E-state index in [0.717, 1.165) is 30.6 Å². The van der Waals surface area contributed by atoms with E-state index in [4.69, 9.17) is 4.74 Å². The summed E-state index contributed by atoms with van der Waals surface area (Å²) in [5.41, 5.74) is 3.37. The Morgan fingerprint density at radius 1 is 1.25 bits per heavy atom. The maximum Gasteiger partial charge on any atom is 0.348 e. The summed E-state index contributed by atoms with van der Waals surface area (Å²) in [6, 6.07) is 5.78. The Morgan fingerprint density at radius 3 is 2.82 bits per heavy atom. The maximum atomic E-state index is 12.9. The van der Waals surface area contributed by atoms with Crippen LogP contribution in [-0.4, -0.2) is 27.9 Å². The van der Waals surface area contributed by atoms with Crippen LogP contribution < -0.4 is 5.56 Å². The van der Waals surface area contributed by atoms with Crippen LogP contribution in [0.3, 0.4) is 0 Å². The highest BCUT2D eigenvalue weighted by Crippen LogP contribution is 2.27. The number of aryl methyl sites for hydroxylation is 3. The van der Waals surface area contributed by atoms with Crippen molar-refractivity contribution in [2.45, 2.75) is 39.7 Å². The molecule has 0 atom stereocenters. The van der Waals surface area contributed by atoms with Crippen LogP contribution in [0.15, 0.2) is 29.3 Å². The Kier molecular flexibility index (Phi) is 4.85. The molecule has 28 heavy (non-hydrogen) atoms. The number of ether oxygens (including phenoxy) is 1. The second-order valence-electron chi connectivity index (χ2n) is 6.89. The van der Waals surface area contributed by atoms with Crippen LogP contribution in [0.5, 0.6) is 0 Å². The summed E-state index contributed by atoms with van der Waals surface area (Å²) in [6.07, 6.45) is 4.55. The van der Waals surface area contributed by atoms with Crippen LogP contribution in [-0.2, 0) is 24.1 Å². The number of hydrogen-bond acceptors (Lipinski definition) is 6. The lowest BCUT2D eigenvalue weighted by Gasteiger charge is -2.07. The number of carbonyl (C=O) groups is 2. The van der Waals surface area contributed by atoms with E-state index in [2.05, 4.69) is 4.98 Å². The Balaban J connectivity index is 1.67. The second kappa shape index (κ2) is 7.31. The Morgan fingerprint density at radius 2 is 2.04 bits per heavy atom. The summed E-state index contributed by atoms with van der Waals surface area (Å²) in [5.74, 6) is -0.584. The number of ketones is 1. The van der Waals surface area contributed by atoms with Crippen LogP contribution in [0.4, 0.5) is 0 Å². The van der Waals surface area contributed by atoms with E-state index < -0.39 is 5.97 Å². The number of esters is 1. The SMILES string of the molecule is CCOC(=O)c1sc2ncn(CC(=O)c3ccc4c(c3)CCC4)c(=O)c2c1C. The summed E-state index contributed by atoms with van der Waals surface area (Å²) in [4.78, 5) is 42.9. The molecule has 3 aromatic rings. The molecule has 1 aliphatic rings. The summed E-state index contributed by atoms with van der Waals surface area (Å²) < 4.78 is 6.36. The number of hydrogen-bond donors (Lipinski definition) is 0. The van der Waals surface area contributed by atoms with Gasteiger partial charge in [-0.25, -0.2) is 9.78 Å². The monoisotopic (exact) mass is 396 g/mol. The lowest BCUT2D eigenvalue weighted by Crippen LogP contribution is -2.24. The molecule has 0 unspecified atom stereocenters. The zero-order valence-corrected chi connectivity index (χ0v) is 16.6. The highest BCUT2D eigenvalue weighted by molar-refractivity contribution is 7.20. The molecule has 4 rings (SSSR count). The zero-order valence-electron chi connectivity index (χ0n) is 15.8. The van der Waals surface area contributed by atoms with E-state index in [9.17, 15) is 14.4 Å². The van der Waals surface area contributed by atoms with E-state index in [-0.39, 0.29) is 24.5 Å². The van der Waals surface area contributed by atoms with Gasteiger partial charge in [-0.15, -0.1) is 11.3 Å². The third-order valence-electron chi connectivity index (χ3n) is 5.11. The lowest BCUT2D eigenvalue weighted by molar-refractivity contribution is 0.0531. The fourth-order valence-corrected chi connectivity index (χ4v) is 4.69. The van der Waals surface area contributed by atoms with Gasteiger partial charge in [0.2, 0.25) is 0 Å². The smallest absolute Gasteiger partial charge is 0.348 e. The molecule has 0 N–H and O–H groups in total. The van der Waals surface area contributed by atoms with Crippen LogP contribution in [0.1, 0.15) is 50.1 Å². The predicted octanol–water partition coefficient (Wildman–Crippen LogP) is 3.31. The van der Waals surface area contributed by atoms with Gasteiger partial charge in [0.1, 0.15) is 9.71 Å². The van der Waals surface area contributed by atoms with E-state index >= 15 is 0 Å². The van der Waals surface area contributed by atoms with Crippen molar-refractivity contribution in [1.29, 1.82) is 0 Å². The zero-order chi connectivity index (χ0) is 19.8. The molecule has 1 aromatic carbocycles. The van der Waals surface area contributed by atoms with Crippen molar-refractivity contribution in [2.24, 2.45) is 0 Å². The topological polar surface area (TPSA) is 78.3 Å². The Hall–Kier alpha value is -2.80. The molecule has 2 heterocycles. The van der Waals surface area contributed by atoms with Gasteiger partial charge in [-0.1, -0.05) is 12.1 Å². The van der Waals surface area contributed by atoms with E-state index in [0.29, 0.717) is 26.2 Å².